The number of hydrogen-bond acceptors (Lipinski definition) is 4. The lowest BCUT2D eigenvalue weighted by Gasteiger charge is -2.07. The first kappa shape index (κ1) is 14.8. The van der Waals surface area contributed by atoms with Gasteiger partial charge < -0.3 is 5.32 Å². The van der Waals surface area contributed by atoms with Crippen LogP contribution in [0.1, 0.15) is 49.6 Å². The maximum Gasteiger partial charge on any atom is 0.290 e. The minimum Gasteiger partial charge on any atom is -0.349 e. The molecule has 0 saturated heterocycles. The van der Waals surface area contributed by atoms with Gasteiger partial charge in [-0.2, -0.15) is 0 Å². The Morgan fingerprint density at radius 2 is 2.11 bits per heavy atom. The van der Waals surface area contributed by atoms with E-state index in [0.717, 1.165) is 0 Å². The number of hydrogen-bond donors (Lipinski definition) is 2. The van der Waals surface area contributed by atoms with Crippen molar-refractivity contribution in [1.29, 1.82) is 0 Å². The second-order valence-electron chi connectivity index (χ2n) is 4.55. The highest BCUT2D eigenvalue weighted by molar-refractivity contribution is 7.84. The van der Waals surface area contributed by atoms with Crippen molar-refractivity contribution in [3.05, 3.63) is 11.6 Å². The Morgan fingerprint density at radius 3 is 2.61 bits per heavy atom. The Bertz CT molecular complexity index is 430. The molecule has 0 aromatic carbocycles. The summed E-state index contributed by atoms with van der Waals surface area (Å²) in [5.74, 6) is 0.765. The van der Waals surface area contributed by atoms with E-state index in [2.05, 4.69) is 20.5 Å². The lowest BCUT2D eigenvalue weighted by atomic mass is 10.2. The molecule has 0 spiro atoms. The Hall–Kier alpha value is -1.24. The van der Waals surface area contributed by atoms with Crippen molar-refractivity contribution in [1.82, 2.24) is 20.5 Å². The number of H-pyrrole nitrogens is 1. The molecule has 1 heterocycles. The van der Waals surface area contributed by atoms with Gasteiger partial charge in [0.1, 0.15) is 5.82 Å². The molecule has 1 aromatic rings. The molecule has 102 valence electrons. The van der Waals surface area contributed by atoms with E-state index in [-0.39, 0.29) is 22.9 Å². The number of amides is 1. The zero-order valence-electron chi connectivity index (χ0n) is 11.2. The quantitative estimate of drug-likeness (QED) is 0.802. The Labute approximate surface area is 109 Å². The topological polar surface area (TPSA) is 87.7 Å². The van der Waals surface area contributed by atoms with Crippen molar-refractivity contribution in [3.63, 3.8) is 0 Å². The minimum absolute atomic E-state index is 0.0728. The molecule has 0 bridgehead atoms. The molecule has 1 amide bonds. The van der Waals surface area contributed by atoms with Gasteiger partial charge in [-0.1, -0.05) is 20.8 Å². The summed E-state index contributed by atoms with van der Waals surface area (Å²) in [4.78, 5) is 15.8. The lowest BCUT2D eigenvalue weighted by molar-refractivity contribution is 0.0943. The van der Waals surface area contributed by atoms with E-state index in [1.807, 2.05) is 20.8 Å². The highest BCUT2D eigenvalue weighted by Crippen LogP contribution is 2.07. The van der Waals surface area contributed by atoms with E-state index in [9.17, 15) is 9.00 Å². The van der Waals surface area contributed by atoms with E-state index >= 15 is 0 Å². The second-order valence-corrected chi connectivity index (χ2v) is 6.35. The molecule has 7 heteroatoms. The molecule has 0 aliphatic heterocycles. The fraction of sp³-hybridized carbons (Fsp3) is 0.727. The normalized spacial score (nSPS) is 14.5. The fourth-order valence-corrected chi connectivity index (χ4v) is 1.72. The van der Waals surface area contributed by atoms with Crippen LogP contribution in [-0.2, 0) is 10.8 Å². The summed E-state index contributed by atoms with van der Waals surface area (Å²) >= 11 is 0. The van der Waals surface area contributed by atoms with Crippen LogP contribution in [0.4, 0.5) is 0 Å². The predicted molar refractivity (Wildman–Crippen MR) is 71.0 cm³/mol. The van der Waals surface area contributed by atoms with Gasteiger partial charge in [0.25, 0.3) is 5.91 Å². The van der Waals surface area contributed by atoms with Gasteiger partial charge in [-0.05, 0) is 6.42 Å². The summed E-state index contributed by atoms with van der Waals surface area (Å²) in [6, 6.07) is 0. The third-order valence-corrected chi connectivity index (χ3v) is 4.02. The number of aromatic amines is 1. The predicted octanol–water partition coefficient (Wildman–Crippen LogP) is 0.815. The largest absolute Gasteiger partial charge is 0.349 e. The number of carbonyl (C=O) groups is 1. The molecule has 6 nitrogen and oxygen atoms in total. The molecule has 0 aliphatic rings. The van der Waals surface area contributed by atoms with Gasteiger partial charge in [-0.3, -0.25) is 14.1 Å². The Balaban J connectivity index is 2.43. The molecular formula is C11H20N4O2S. The number of aromatic nitrogens is 3. The molecule has 1 aromatic heterocycles. The van der Waals surface area contributed by atoms with Gasteiger partial charge in [0, 0.05) is 34.8 Å². The van der Waals surface area contributed by atoms with Gasteiger partial charge in [-0.15, -0.1) is 5.10 Å². The van der Waals surface area contributed by atoms with Crippen LogP contribution in [0.2, 0.25) is 0 Å². The van der Waals surface area contributed by atoms with E-state index in [1.165, 1.54) is 0 Å². The first-order chi connectivity index (χ1) is 8.41. The first-order valence-electron chi connectivity index (χ1n) is 5.94. The van der Waals surface area contributed by atoms with Gasteiger partial charge in [0.05, 0.1) is 0 Å². The van der Waals surface area contributed by atoms with Crippen LogP contribution in [0, 0.1) is 0 Å². The maximum atomic E-state index is 11.7. The van der Waals surface area contributed by atoms with Crippen molar-refractivity contribution in [2.45, 2.75) is 38.4 Å². The van der Waals surface area contributed by atoms with Crippen molar-refractivity contribution in [2.24, 2.45) is 0 Å². The highest BCUT2D eigenvalue weighted by atomic mass is 32.2. The van der Waals surface area contributed by atoms with Crippen molar-refractivity contribution in [3.8, 4) is 0 Å². The molecule has 0 saturated carbocycles. The van der Waals surface area contributed by atoms with Crippen LogP contribution in [-0.4, -0.2) is 43.3 Å². The molecule has 2 N–H and O–H groups in total. The summed E-state index contributed by atoms with van der Waals surface area (Å²) in [6.07, 6.45) is 2.34. The number of carbonyl (C=O) groups excluding carboxylic acids is 1. The Kier molecular flexibility index (Phi) is 5.46. The van der Waals surface area contributed by atoms with E-state index in [0.29, 0.717) is 18.8 Å². The third-order valence-electron chi connectivity index (χ3n) is 2.66. The van der Waals surface area contributed by atoms with Gasteiger partial charge in [0.2, 0.25) is 5.82 Å². The summed E-state index contributed by atoms with van der Waals surface area (Å²) in [5.41, 5.74) is 0. The highest BCUT2D eigenvalue weighted by Gasteiger charge is 2.14. The molecule has 2 unspecified atom stereocenters. The van der Waals surface area contributed by atoms with E-state index in [4.69, 9.17) is 0 Å². The molecule has 18 heavy (non-hydrogen) atoms. The molecular weight excluding hydrogens is 252 g/mol. The van der Waals surface area contributed by atoms with Crippen molar-refractivity contribution >= 4 is 16.7 Å². The monoisotopic (exact) mass is 272 g/mol. The van der Waals surface area contributed by atoms with Gasteiger partial charge in [0.15, 0.2) is 0 Å². The summed E-state index contributed by atoms with van der Waals surface area (Å²) in [5, 5.41) is 9.39. The zero-order chi connectivity index (χ0) is 13.7. The summed E-state index contributed by atoms with van der Waals surface area (Å²) in [6.45, 7) is 6.32. The SMILES string of the molecule is CC(C)c1nc(C(=O)NCCC(C)S(C)=O)n[nH]1. The average Bonchev–Trinajstić information content (AvgIpc) is 2.77. The number of nitrogens with zero attached hydrogens (tertiary/aromatic N) is 2. The van der Waals surface area contributed by atoms with Gasteiger partial charge >= 0.3 is 0 Å². The molecule has 0 radical (unpaired) electrons. The smallest absolute Gasteiger partial charge is 0.290 e. The van der Waals surface area contributed by atoms with Crippen molar-refractivity contribution in [2.75, 3.05) is 12.8 Å². The average molecular weight is 272 g/mol. The van der Waals surface area contributed by atoms with Crippen LogP contribution >= 0.6 is 0 Å². The summed E-state index contributed by atoms with van der Waals surface area (Å²) < 4.78 is 11.1. The minimum atomic E-state index is -0.860. The molecule has 2 atom stereocenters. The van der Waals surface area contributed by atoms with E-state index < -0.39 is 10.8 Å². The van der Waals surface area contributed by atoms with Crippen LogP contribution in [0.25, 0.3) is 0 Å². The van der Waals surface area contributed by atoms with E-state index in [1.54, 1.807) is 6.26 Å². The van der Waals surface area contributed by atoms with Crippen LogP contribution in [0.5, 0.6) is 0 Å². The number of rotatable bonds is 6. The third kappa shape index (κ3) is 4.21. The molecule has 1 rings (SSSR count). The van der Waals surface area contributed by atoms with Gasteiger partial charge in [-0.25, -0.2) is 4.98 Å². The molecule has 0 aliphatic carbocycles. The Morgan fingerprint density at radius 1 is 1.44 bits per heavy atom. The molecule has 0 fully saturated rings. The van der Waals surface area contributed by atoms with Crippen LogP contribution in [0.3, 0.4) is 0 Å². The lowest BCUT2D eigenvalue weighted by Crippen LogP contribution is -2.28. The summed E-state index contributed by atoms with van der Waals surface area (Å²) in [7, 11) is -0.860. The van der Waals surface area contributed by atoms with Crippen LogP contribution < -0.4 is 5.32 Å². The standard InChI is InChI=1S/C11H20N4O2S/c1-7(2)9-13-10(15-14-9)11(16)12-6-5-8(3)18(4)17/h7-8H,5-6H2,1-4H3,(H,12,16)(H,13,14,15). The second kappa shape index (κ2) is 6.63. The fourth-order valence-electron chi connectivity index (χ4n) is 1.27. The number of nitrogens with one attached hydrogen (secondary N) is 2. The zero-order valence-corrected chi connectivity index (χ0v) is 12.0. The van der Waals surface area contributed by atoms with Crippen LogP contribution in [0.15, 0.2) is 0 Å². The maximum absolute atomic E-state index is 11.7. The van der Waals surface area contributed by atoms with Crippen molar-refractivity contribution < 1.29 is 9.00 Å². The first-order valence-corrected chi connectivity index (χ1v) is 7.56.